The Labute approximate surface area is 90.3 Å². The fourth-order valence-electron chi connectivity index (χ4n) is 1.52. The van der Waals surface area contributed by atoms with E-state index in [0.29, 0.717) is 6.54 Å². The van der Waals surface area contributed by atoms with E-state index in [4.69, 9.17) is 0 Å². The Bertz CT molecular complexity index is 322. The lowest BCUT2D eigenvalue weighted by molar-refractivity contribution is 0.488. The zero-order valence-corrected chi connectivity index (χ0v) is 9.35. The summed E-state index contributed by atoms with van der Waals surface area (Å²) >= 11 is 0. The number of rotatable bonds is 7. The molecule has 4 heteroatoms. The van der Waals surface area contributed by atoms with Crippen LogP contribution in [0.3, 0.4) is 0 Å². The molecule has 1 aromatic heterocycles. The van der Waals surface area contributed by atoms with Crippen molar-refractivity contribution in [2.24, 2.45) is 0 Å². The molecule has 0 spiro atoms. The number of hydrogen-bond donors (Lipinski definition) is 0. The van der Waals surface area contributed by atoms with E-state index in [2.05, 4.69) is 17.2 Å². The van der Waals surface area contributed by atoms with Crippen LogP contribution < -0.4 is 5.56 Å². The highest BCUT2D eigenvalue weighted by atomic mass is 16.1. The number of hydrogen-bond acceptors (Lipinski definition) is 3. The molecule has 0 amide bonds. The number of unbranched alkanes of at least 4 members (excludes halogenated alkanes) is 5. The van der Waals surface area contributed by atoms with E-state index in [9.17, 15) is 4.79 Å². The molecule has 0 aliphatic rings. The molecule has 84 valence electrons. The van der Waals surface area contributed by atoms with Gasteiger partial charge >= 0.3 is 0 Å². The highest BCUT2D eigenvalue weighted by molar-refractivity contribution is 4.76. The SMILES string of the molecule is CCCCCCCCn1nnccc1=O. The van der Waals surface area contributed by atoms with Crippen LogP contribution in [0.25, 0.3) is 0 Å². The summed E-state index contributed by atoms with van der Waals surface area (Å²) in [6.45, 7) is 2.90. The molecule has 15 heavy (non-hydrogen) atoms. The molecule has 4 nitrogen and oxygen atoms in total. The Morgan fingerprint density at radius 1 is 1.20 bits per heavy atom. The van der Waals surface area contributed by atoms with Crippen LogP contribution in [0.1, 0.15) is 45.4 Å². The summed E-state index contributed by atoms with van der Waals surface area (Å²) in [7, 11) is 0. The van der Waals surface area contributed by atoms with Crippen LogP contribution in [-0.4, -0.2) is 15.0 Å². The molecule has 0 aliphatic carbocycles. The third kappa shape index (κ3) is 4.72. The average molecular weight is 209 g/mol. The lowest BCUT2D eigenvalue weighted by Gasteiger charge is -2.02. The Kier molecular flexibility index (Phi) is 5.66. The van der Waals surface area contributed by atoms with Gasteiger partial charge in [0.15, 0.2) is 0 Å². The van der Waals surface area contributed by atoms with Crippen molar-refractivity contribution < 1.29 is 0 Å². The van der Waals surface area contributed by atoms with Gasteiger partial charge in [0.1, 0.15) is 0 Å². The predicted molar refractivity (Wildman–Crippen MR) is 59.7 cm³/mol. The van der Waals surface area contributed by atoms with E-state index in [0.717, 1.165) is 6.42 Å². The van der Waals surface area contributed by atoms with Gasteiger partial charge in [-0.15, -0.1) is 5.10 Å². The summed E-state index contributed by atoms with van der Waals surface area (Å²) in [6, 6.07) is 1.45. The van der Waals surface area contributed by atoms with E-state index < -0.39 is 0 Å². The van der Waals surface area contributed by atoms with Crippen molar-refractivity contribution >= 4 is 0 Å². The van der Waals surface area contributed by atoms with Crippen LogP contribution in [0.2, 0.25) is 0 Å². The van der Waals surface area contributed by atoms with Gasteiger partial charge in [0.25, 0.3) is 5.56 Å². The first-order valence-corrected chi connectivity index (χ1v) is 5.73. The van der Waals surface area contributed by atoms with Crippen LogP contribution in [0.5, 0.6) is 0 Å². The fourth-order valence-corrected chi connectivity index (χ4v) is 1.52. The zero-order chi connectivity index (χ0) is 10.9. The quantitative estimate of drug-likeness (QED) is 0.645. The molecule has 1 aromatic rings. The lowest BCUT2D eigenvalue weighted by atomic mass is 10.1. The largest absolute Gasteiger partial charge is 0.269 e. The molecule has 0 fully saturated rings. The molecular weight excluding hydrogens is 190 g/mol. The van der Waals surface area contributed by atoms with Crippen LogP contribution in [0.4, 0.5) is 0 Å². The smallest absolute Gasteiger partial charge is 0.268 e. The summed E-state index contributed by atoms with van der Waals surface area (Å²) < 4.78 is 1.43. The first-order chi connectivity index (χ1) is 7.34. The molecule has 0 radical (unpaired) electrons. The fraction of sp³-hybridized carbons (Fsp3) is 0.727. The van der Waals surface area contributed by atoms with E-state index in [1.54, 1.807) is 0 Å². The minimum Gasteiger partial charge on any atom is -0.268 e. The standard InChI is InChI=1S/C11H19N3O/c1-2-3-4-5-6-7-10-14-11(15)8-9-12-13-14/h8-9H,2-7,10H2,1H3. The maximum absolute atomic E-state index is 11.2. The maximum atomic E-state index is 11.2. The summed E-state index contributed by atoms with van der Waals surface area (Å²) in [6.07, 6.45) is 8.74. The summed E-state index contributed by atoms with van der Waals surface area (Å²) in [5.41, 5.74) is -0.0569. The van der Waals surface area contributed by atoms with Crippen molar-refractivity contribution in [3.05, 3.63) is 22.6 Å². The zero-order valence-electron chi connectivity index (χ0n) is 9.35. The minimum atomic E-state index is -0.0569. The van der Waals surface area contributed by atoms with E-state index in [1.165, 1.54) is 49.0 Å². The Morgan fingerprint density at radius 2 is 1.93 bits per heavy atom. The first-order valence-electron chi connectivity index (χ1n) is 5.73. The van der Waals surface area contributed by atoms with Gasteiger partial charge in [-0.2, -0.15) is 0 Å². The van der Waals surface area contributed by atoms with Gasteiger partial charge in [-0.1, -0.05) is 44.2 Å². The number of aryl methyl sites for hydroxylation is 1. The van der Waals surface area contributed by atoms with E-state index >= 15 is 0 Å². The number of nitrogens with zero attached hydrogens (tertiary/aromatic N) is 3. The molecule has 0 unspecified atom stereocenters. The van der Waals surface area contributed by atoms with Gasteiger partial charge in [-0.05, 0) is 6.42 Å². The van der Waals surface area contributed by atoms with Crippen LogP contribution in [0.15, 0.2) is 17.1 Å². The summed E-state index contributed by atoms with van der Waals surface area (Å²) in [5, 5.41) is 7.45. The van der Waals surface area contributed by atoms with Crippen molar-refractivity contribution in [2.75, 3.05) is 0 Å². The second-order valence-electron chi connectivity index (χ2n) is 3.75. The Morgan fingerprint density at radius 3 is 2.67 bits per heavy atom. The molecule has 0 bridgehead atoms. The lowest BCUT2D eigenvalue weighted by Crippen LogP contribution is -2.22. The van der Waals surface area contributed by atoms with E-state index in [-0.39, 0.29) is 5.56 Å². The number of aromatic nitrogens is 3. The normalized spacial score (nSPS) is 10.5. The topological polar surface area (TPSA) is 47.8 Å². The second-order valence-corrected chi connectivity index (χ2v) is 3.75. The van der Waals surface area contributed by atoms with Gasteiger partial charge < -0.3 is 0 Å². The summed E-state index contributed by atoms with van der Waals surface area (Å²) in [5.74, 6) is 0. The Hall–Kier alpha value is -1.19. The molecule has 1 rings (SSSR count). The van der Waals surface area contributed by atoms with Gasteiger partial charge in [-0.25, -0.2) is 4.68 Å². The van der Waals surface area contributed by atoms with Gasteiger partial charge in [0.2, 0.25) is 0 Å². The van der Waals surface area contributed by atoms with Crippen LogP contribution >= 0.6 is 0 Å². The van der Waals surface area contributed by atoms with Crippen LogP contribution in [0, 0.1) is 0 Å². The van der Waals surface area contributed by atoms with Crippen molar-refractivity contribution in [3.63, 3.8) is 0 Å². The van der Waals surface area contributed by atoms with Gasteiger partial charge in [-0.3, -0.25) is 4.79 Å². The highest BCUT2D eigenvalue weighted by Gasteiger charge is 1.95. The average Bonchev–Trinajstić information content (AvgIpc) is 2.25. The molecule has 0 aliphatic heterocycles. The maximum Gasteiger partial charge on any atom is 0.269 e. The van der Waals surface area contributed by atoms with Crippen molar-refractivity contribution in [2.45, 2.75) is 52.0 Å². The first kappa shape index (κ1) is 11.9. The molecule has 0 saturated carbocycles. The summed E-state index contributed by atoms with van der Waals surface area (Å²) in [4.78, 5) is 11.2. The Balaban J connectivity index is 2.15. The monoisotopic (exact) mass is 209 g/mol. The van der Waals surface area contributed by atoms with Crippen molar-refractivity contribution in [1.82, 2.24) is 15.0 Å². The predicted octanol–water partition coefficient (Wildman–Crippen LogP) is 2.00. The third-order valence-corrected chi connectivity index (χ3v) is 2.42. The van der Waals surface area contributed by atoms with Crippen LogP contribution in [-0.2, 0) is 6.54 Å². The molecular formula is C11H19N3O. The molecule has 0 aromatic carbocycles. The third-order valence-electron chi connectivity index (χ3n) is 2.42. The highest BCUT2D eigenvalue weighted by Crippen LogP contribution is 2.04. The molecule has 1 heterocycles. The molecule has 0 saturated heterocycles. The van der Waals surface area contributed by atoms with Crippen molar-refractivity contribution in [3.8, 4) is 0 Å². The molecule has 0 N–H and O–H groups in total. The van der Waals surface area contributed by atoms with E-state index in [1.807, 2.05) is 0 Å². The van der Waals surface area contributed by atoms with Gasteiger partial charge in [0.05, 0.1) is 6.20 Å². The van der Waals surface area contributed by atoms with Gasteiger partial charge in [0, 0.05) is 12.6 Å². The second kappa shape index (κ2) is 7.15. The molecule has 0 atom stereocenters. The minimum absolute atomic E-state index is 0.0569. The van der Waals surface area contributed by atoms with Crippen molar-refractivity contribution in [1.29, 1.82) is 0 Å².